The molecule has 1 aliphatic heterocycles. The molecule has 2 aromatic carbocycles. The Balaban J connectivity index is 0.00000400. The average Bonchev–Trinajstić information content (AvgIpc) is 3.36. The number of piperidine rings is 1. The number of amides is 1. The number of aromatic nitrogens is 1. The Labute approximate surface area is 224 Å². The van der Waals surface area contributed by atoms with E-state index >= 15 is 0 Å². The Hall–Kier alpha value is -3.28. The minimum atomic E-state index is -3.75. The Morgan fingerprint density at radius 2 is 1.92 bits per heavy atom. The van der Waals surface area contributed by atoms with Crippen molar-refractivity contribution in [1.82, 2.24) is 9.88 Å². The van der Waals surface area contributed by atoms with Crippen LogP contribution in [0.4, 0.5) is 9.52 Å². The second kappa shape index (κ2) is 11.0. The van der Waals surface area contributed by atoms with Crippen molar-refractivity contribution in [3.05, 3.63) is 87.3 Å². The quantitative estimate of drug-likeness (QED) is 0.196. The molecular weight excluding hydrogens is 539 g/mol. The van der Waals surface area contributed by atoms with Crippen LogP contribution in [0.3, 0.4) is 0 Å². The zero-order valence-corrected chi connectivity index (χ0v) is 22.1. The molecule has 37 heavy (non-hydrogen) atoms. The van der Waals surface area contributed by atoms with Crippen molar-refractivity contribution in [2.75, 3.05) is 17.8 Å². The van der Waals surface area contributed by atoms with Crippen LogP contribution < -0.4 is 4.72 Å². The highest BCUT2D eigenvalue weighted by molar-refractivity contribution is 7.93. The summed E-state index contributed by atoms with van der Waals surface area (Å²) in [5.41, 5.74) is -0.0680. The fraction of sp³-hybridized carbons (Fsp3) is 0.240. The summed E-state index contributed by atoms with van der Waals surface area (Å²) in [6.45, 7) is 1.98. The molecule has 1 saturated heterocycles. The number of thiazole rings is 1. The maximum Gasteiger partial charge on any atom is 0.263 e. The lowest BCUT2D eigenvalue weighted by Gasteiger charge is -2.33. The summed E-state index contributed by atoms with van der Waals surface area (Å²) < 4.78 is 41.9. The SMILES string of the molecule is C/C(O)=C(/C(=N)c1c(F)cccc1Cl)C(=O)N1CCC(c2ccc(S(=O)(=O)Nc3nccs3)cc2)CC1.[HH]. The first-order valence-electron chi connectivity index (χ1n) is 11.3. The third-order valence-corrected chi connectivity index (χ3v) is 8.62. The monoisotopic (exact) mass is 564 g/mol. The summed E-state index contributed by atoms with van der Waals surface area (Å²) in [4.78, 5) is 18.8. The smallest absolute Gasteiger partial charge is 0.263 e. The van der Waals surface area contributed by atoms with Crippen molar-refractivity contribution in [3.8, 4) is 0 Å². The number of anilines is 1. The van der Waals surface area contributed by atoms with Crippen molar-refractivity contribution in [3.63, 3.8) is 0 Å². The summed E-state index contributed by atoms with van der Waals surface area (Å²) in [5.74, 6) is -1.62. The van der Waals surface area contributed by atoms with Crippen molar-refractivity contribution in [1.29, 1.82) is 5.41 Å². The Bertz CT molecular complexity index is 1430. The second-order valence-electron chi connectivity index (χ2n) is 8.51. The van der Waals surface area contributed by atoms with Gasteiger partial charge in [0.1, 0.15) is 17.1 Å². The van der Waals surface area contributed by atoms with Gasteiger partial charge in [0.25, 0.3) is 15.9 Å². The van der Waals surface area contributed by atoms with Crippen molar-refractivity contribution >= 4 is 49.7 Å². The van der Waals surface area contributed by atoms with Gasteiger partial charge in [0, 0.05) is 26.1 Å². The van der Waals surface area contributed by atoms with Gasteiger partial charge in [-0.15, -0.1) is 11.3 Å². The summed E-state index contributed by atoms with van der Waals surface area (Å²) in [7, 11) is -3.75. The predicted octanol–water partition coefficient (Wildman–Crippen LogP) is 5.59. The largest absolute Gasteiger partial charge is 0.512 e. The number of allylic oxidation sites excluding steroid dienone is 1. The standard InChI is InChI=1S/C25H24ClFN4O4S2.H2/c1-15(32)21(23(28)22-19(26)3-2-4-20(22)27)24(33)31-12-9-17(10-13-31)16-5-7-18(8-6-16)37(34,35)30-25-29-11-14-36-25;/h2-8,11,14,17,28,32H,9-10,12-13H2,1H3,(H,29,30);1H/b21-15+,28-23?;. The topological polar surface area (TPSA) is 123 Å². The first-order chi connectivity index (χ1) is 17.6. The van der Waals surface area contributed by atoms with E-state index in [0.717, 1.165) is 11.6 Å². The van der Waals surface area contributed by atoms with E-state index < -0.39 is 27.5 Å². The zero-order valence-electron chi connectivity index (χ0n) is 19.7. The van der Waals surface area contributed by atoms with Crippen LogP contribution in [-0.4, -0.2) is 48.1 Å². The number of halogens is 2. The highest BCUT2D eigenvalue weighted by Crippen LogP contribution is 2.31. The van der Waals surface area contributed by atoms with E-state index in [0.29, 0.717) is 25.9 Å². The molecule has 2 heterocycles. The molecule has 1 fully saturated rings. The van der Waals surface area contributed by atoms with Gasteiger partial charge in [-0.1, -0.05) is 29.8 Å². The van der Waals surface area contributed by atoms with Crippen LogP contribution in [0.5, 0.6) is 0 Å². The number of benzene rings is 2. The molecule has 0 aliphatic carbocycles. The number of nitrogens with one attached hydrogen (secondary N) is 2. The van der Waals surface area contributed by atoms with Gasteiger partial charge in [0.05, 0.1) is 21.2 Å². The molecule has 3 aromatic rings. The van der Waals surface area contributed by atoms with Gasteiger partial charge in [-0.3, -0.25) is 14.9 Å². The molecule has 0 saturated carbocycles. The molecule has 196 valence electrons. The summed E-state index contributed by atoms with van der Waals surface area (Å²) in [5, 5.41) is 20.5. The number of likely N-dealkylation sites (tertiary alicyclic amines) is 1. The van der Waals surface area contributed by atoms with E-state index in [1.165, 1.54) is 53.6 Å². The van der Waals surface area contributed by atoms with Crippen molar-refractivity contribution in [2.45, 2.75) is 30.6 Å². The van der Waals surface area contributed by atoms with E-state index in [1.54, 1.807) is 17.5 Å². The van der Waals surface area contributed by atoms with Gasteiger partial charge in [0.2, 0.25) is 0 Å². The minimum Gasteiger partial charge on any atom is -0.512 e. The molecule has 0 spiro atoms. The number of rotatable bonds is 7. The third kappa shape index (κ3) is 5.84. The first kappa shape index (κ1) is 26.8. The van der Waals surface area contributed by atoms with E-state index in [4.69, 9.17) is 17.0 Å². The fourth-order valence-electron chi connectivity index (χ4n) is 4.25. The molecular formula is C25H26ClFN4O4S2. The van der Waals surface area contributed by atoms with Crippen LogP contribution in [0.2, 0.25) is 5.02 Å². The Morgan fingerprint density at radius 1 is 1.24 bits per heavy atom. The summed E-state index contributed by atoms with van der Waals surface area (Å²) >= 11 is 7.26. The van der Waals surface area contributed by atoms with Crippen LogP contribution in [-0.2, 0) is 14.8 Å². The van der Waals surface area contributed by atoms with Gasteiger partial charge in [0.15, 0.2) is 5.13 Å². The van der Waals surface area contributed by atoms with Crippen molar-refractivity contribution < 1.29 is 24.1 Å². The lowest BCUT2D eigenvalue weighted by molar-refractivity contribution is -0.127. The molecule has 1 aliphatic rings. The molecule has 0 unspecified atom stereocenters. The number of nitrogens with zero attached hydrogens (tertiary/aromatic N) is 2. The van der Waals surface area contributed by atoms with Crippen LogP contribution in [0.25, 0.3) is 0 Å². The van der Waals surface area contributed by atoms with Gasteiger partial charge in [-0.2, -0.15) is 0 Å². The van der Waals surface area contributed by atoms with E-state index in [1.807, 2.05) is 0 Å². The normalized spacial score (nSPS) is 15.3. The Kier molecular flexibility index (Phi) is 7.96. The third-order valence-electron chi connectivity index (χ3n) is 6.14. The van der Waals surface area contributed by atoms with Crippen LogP contribution in [0.15, 0.2) is 70.3 Å². The van der Waals surface area contributed by atoms with Gasteiger partial charge in [-0.25, -0.2) is 17.8 Å². The highest BCUT2D eigenvalue weighted by Gasteiger charge is 2.31. The van der Waals surface area contributed by atoms with Gasteiger partial charge in [-0.05, 0) is 55.5 Å². The first-order valence-corrected chi connectivity index (χ1v) is 14.1. The van der Waals surface area contributed by atoms with Crippen molar-refractivity contribution in [2.24, 2.45) is 0 Å². The van der Waals surface area contributed by atoms with Gasteiger partial charge >= 0.3 is 0 Å². The maximum atomic E-state index is 14.4. The highest BCUT2D eigenvalue weighted by atomic mass is 35.5. The summed E-state index contributed by atoms with van der Waals surface area (Å²) in [6, 6.07) is 10.6. The molecule has 3 N–H and O–H groups in total. The molecule has 0 bridgehead atoms. The lowest BCUT2D eigenvalue weighted by atomic mass is 9.89. The van der Waals surface area contributed by atoms with Gasteiger partial charge < -0.3 is 10.0 Å². The van der Waals surface area contributed by atoms with Crippen LogP contribution >= 0.6 is 22.9 Å². The van der Waals surface area contributed by atoms with Crippen LogP contribution in [0.1, 0.15) is 38.2 Å². The van der Waals surface area contributed by atoms with E-state index in [-0.39, 0.29) is 39.3 Å². The van der Waals surface area contributed by atoms with Crippen LogP contribution in [0, 0.1) is 11.2 Å². The molecule has 0 atom stereocenters. The Morgan fingerprint density at radius 3 is 2.49 bits per heavy atom. The second-order valence-corrected chi connectivity index (χ2v) is 11.5. The number of sulfonamides is 1. The lowest BCUT2D eigenvalue weighted by Crippen LogP contribution is -2.40. The number of hydrogen-bond donors (Lipinski definition) is 3. The minimum absolute atomic E-state index is 0. The molecule has 12 heteroatoms. The number of hydrogen-bond acceptors (Lipinski definition) is 7. The number of carbonyl (C=O) groups excluding carboxylic acids is 1. The van der Waals surface area contributed by atoms with E-state index in [9.17, 15) is 22.7 Å². The number of carbonyl (C=O) groups is 1. The van der Waals surface area contributed by atoms with E-state index in [2.05, 4.69) is 9.71 Å². The maximum absolute atomic E-state index is 14.4. The number of aliphatic hydroxyl groups is 1. The molecule has 1 aromatic heterocycles. The average molecular weight is 565 g/mol. The fourth-order valence-corrected chi connectivity index (χ4v) is 6.29. The predicted molar refractivity (Wildman–Crippen MR) is 144 cm³/mol. The molecule has 0 radical (unpaired) electrons. The number of aliphatic hydroxyl groups excluding tert-OH is 1. The zero-order chi connectivity index (χ0) is 26.7. The molecule has 1 amide bonds. The molecule has 8 nitrogen and oxygen atoms in total. The summed E-state index contributed by atoms with van der Waals surface area (Å²) in [6.07, 6.45) is 2.71. The molecule has 4 rings (SSSR count).